The van der Waals surface area contributed by atoms with Gasteiger partial charge in [-0.2, -0.15) is 0 Å². The first-order chi connectivity index (χ1) is 7.30. The number of alkyl carbamates (subject to hydrolysis) is 1. The van der Waals surface area contributed by atoms with Crippen molar-refractivity contribution in [3.8, 4) is 0 Å². The molecule has 0 aromatic rings. The molecule has 0 saturated carbocycles. The molecule has 0 rings (SSSR count). The van der Waals surface area contributed by atoms with Crippen molar-refractivity contribution in [3.63, 3.8) is 0 Å². The zero-order valence-electron chi connectivity index (χ0n) is 10.4. The number of amides is 1. The molecule has 16 heavy (non-hydrogen) atoms. The van der Waals surface area contributed by atoms with Gasteiger partial charge in [0.05, 0.1) is 6.61 Å². The van der Waals surface area contributed by atoms with Crippen LogP contribution in [-0.2, 0) is 14.3 Å². The Morgan fingerprint density at radius 2 is 1.88 bits per heavy atom. The molecule has 5 nitrogen and oxygen atoms in total. The molecule has 5 heteroatoms. The predicted octanol–water partition coefficient (Wildman–Crippen LogP) is 1.98. The Morgan fingerprint density at radius 1 is 1.31 bits per heavy atom. The maximum atomic E-state index is 11.6. The SMILES string of the molecule is C/C=C(\NC(=O)OCC)C(=O)OC(C)(C)C. The van der Waals surface area contributed by atoms with Crippen LogP contribution in [0.25, 0.3) is 0 Å². The largest absolute Gasteiger partial charge is 0.455 e. The van der Waals surface area contributed by atoms with Gasteiger partial charge >= 0.3 is 12.1 Å². The fourth-order valence-corrected chi connectivity index (χ4v) is 0.851. The summed E-state index contributed by atoms with van der Waals surface area (Å²) >= 11 is 0. The Morgan fingerprint density at radius 3 is 2.25 bits per heavy atom. The van der Waals surface area contributed by atoms with Crippen molar-refractivity contribution in [2.24, 2.45) is 0 Å². The van der Waals surface area contributed by atoms with Gasteiger partial charge in [-0.05, 0) is 34.6 Å². The molecule has 0 aliphatic rings. The third kappa shape index (κ3) is 6.06. The average molecular weight is 229 g/mol. The number of carbonyl (C=O) groups excluding carboxylic acids is 2. The van der Waals surface area contributed by atoms with Crippen LogP contribution in [0.3, 0.4) is 0 Å². The minimum Gasteiger partial charge on any atom is -0.455 e. The van der Waals surface area contributed by atoms with E-state index in [0.717, 1.165) is 0 Å². The molecule has 0 aliphatic carbocycles. The molecule has 0 radical (unpaired) electrons. The minimum atomic E-state index is -0.665. The highest BCUT2D eigenvalue weighted by Crippen LogP contribution is 2.09. The van der Waals surface area contributed by atoms with Crippen molar-refractivity contribution in [2.75, 3.05) is 6.61 Å². The van der Waals surface area contributed by atoms with E-state index in [2.05, 4.69) is 10.1 Å². The van der Waals surface area contributed by atoms with Crippen LogP contribution in [-0.4, -0.2) is 24.3 Å². The van der Waals surface area contributed by atoms with Crippen molar-refractivity contribution in [2.45, 2.75) is 40.2 Å². The van der Waals surface area contributed by atoms with Crippen LogP contribution in [0.4, 0.5) is 4.79 Å². The van der Waals surface area contributed by atoms with Gasteiger partial charge in [-0.3, -0.25) is 5.32 Å². The predicted molar refractivity (Wildman–Crippen MR) is 59.8 cm³/mol. The van der Waals surface area contributed by atoms with Gasteiger partial charge in [0.15, 0.2) is 0 Å². The van der Waals surface area contributed by atoms with E-state index in [-0.39, 0.29) is 12.3 Å². The van der Waals surface area contributed by atoms with Crippen LogP contribution < -0.4 is 5.32 Å². The lowest BCUT2D eigenvalue weighted by molar-refractivity contribution is -0.150. The van der Waals surface area contributed by atoms with Gasteiger partial charge in [0, 0.05) is 0 Å². The summed E-state index contributed by atoms with van der Waals surface area (Å²) in [6.07, 6.45) is 0.798. The summed E-state index contributed by atoms with van der Waals surface area (Å²) in [6.45, 7) is 8.82. The Kier molecular flexibility index (Phi) is 5.56. The van der Waals surface area contributed by atoms with Crippen LogP contribution in [0.1, 0.15) is 34.6 Å². The Labute approximate surface area is 95.8 Å². The first-order valence-electron chi connectivity index (χ1n) is 5.13. The minimum absolute atomic E-state index is 0.0772. The normalized spacial score (nSPS) is 11.9. The molecule has 0 heterocycles. The molecule has 0 atom stereocenters. The lowest BCUT2D eigenvalue weighted by Crippen LogP contribution is -2.33. The maximum Gasteiger partial charge on any atom is 0.411 e. The molecule has 92 valence electrons. The lowest BCUT2D eigenvalue weighted by atomic mass is 10.2. The number of nitrogens with one attached hydrogen (secondary N) is 1. The molecule has 0 bridgehead atoms. The zero-order valence-corrected chi connectivity index (χ0v) is 10.4. The number of esters is 1. The van der Waals surface area contributed by atoms with Crippen LogP contribution in [0.5, 0.6) is 0 Å². The molecule has 0 aliphatic heterocycles. The van der Waals surface area contributed by atoms with E-state index in [1.165, 1.54) is 6.08 Å². The number of allylic oxidation sites excluding steroid dienone is 1. The lowest BCUT2D eigenvalue weighted by Gasteiger charge is -2.20. The highest BCUT2D eigenvalue weighted by Gasteiger charge is 2.20. The summed E-state index contributed by atoms with van der Waals surface area (Å²) in [5, 5.41) is 2.32. The summed E-state index contributed by atoms with van der Waals surface area (Å²) in [4.78, 5) is 22.7. The van der Waals surface area contributed by atoms with E-state index in [4.69, 9.17) is 4.74 Å². The molecular weight excluding hydrogens is 210 g/mol. The number of carbonyl (C=O) groups is 2. The first kappa shape index (κ1) is 14.5. The summed E-state index contributed by atoms with van der Waals surface area (Å²) in [5.41, 5.74) is -0.518. The first-order valence-corrected chi connectivity index (χ1v) is 5.13. The van der Waals surface area contributed by atoms with Gasteiger partial charge < -0.3 is 9.47 Å². The molecule has 0 aromatic carbocycles. The fraction of sp³-hybridized carbons (Fsp3) is 0.636. The molecule has 1 N–H and O–H groups in total. The van der Waals surface area contributed by atoms with E-state index >= 15 is 0 Å². The van der Waals surface area contributed by atoms with Crippen molar-refractivity contribution in [3.05, 3.63) is 11.8 Å². The average Bonchev–Trinajstić information content (AvgIpc) is 2.11. The van der Waals surface area contributed by atoms with Crippen molar-refractivity contribution < 1.29 is 19.1 Å². The van der Waals surface area contributed by atoms with Gasteiger partial charge in [0.1, 0.15) is 11.3 Å². The van der Waals surface area contributed by atoms with Crippen LogP contribution >= 0.6 is 0 Å². The molecule has 0 aromatic heterocycles. The van der Waals surface area contributed by atoms with Gasteiger partial charge in [0.2, 0.25) is 0 Å². The van der Waals surface area contributed by atoms with Gasteiger partial charge in [-0.25, -0.2) is 9.59 Å². The van der Waals surface area contributed by atoms with E-state index in [1.807, 2.05) is 0 Å². The second-order valence-corrected chi connectivity index (χ2v) is 4.05. The second kappa shape index (κ2) is 6.15. The smallest absolute Gasteiger partial charge is 0.411 e. The number of rotatable bonds is 3. The van der Waals surface area contributed by atoms with Crippen molar-refractivity contribution >= 4 is 12.1 Å². The summed E-state index contributed by atoms with van der Waals surface area (Å²) < 4.78 is 9.75. The van der Waals surface area contributed by atoms with Crippen LogP contribution in [0.2, 0.25) is 0 Å². The Bertz CT molecular complexity index is 289. The van der Waals surface area contributed by atoms with Gasteiger partial charge in [-0.15, -0.1) is 0 Å². The molecule has 0 spiro atoms. The summed E-state index contributed by atoms with van der Waals surface area (Å²) in [7, 11) is 0. The number of ether oxygens (including phenoxy) is 2. The Balaban J connectivity index is 4.41. The maximum absolute atomic E-state index is 11.6. The monoisotopic (exact) mass is 229 g/mol. The molecule has 0 fully saturated rings. The number of hydrogen-bond acceptors (Lipinski definition) is 4. The highest BCUT2D eigenvalue weighted by molar-refractivity contribution is 5.92. The van der Waals surface area contributed by atoms with Crippen molar-refractivity contribution in [1.29, 1.82) is 0 Å². The van der Waals surface area contributed by atoms with E-state index in [0.29, 0.717) is 0 Å². The molecule has 1 amide bonds. The topological polar surface area (TPSA) is 64.6 Å². The second-order valence-electron chi connectivity index (χ2n) is 4.05. The van der Waals surface area contributed by atoms with Crippen LogP contribution in [0.15, 0.2) is 11.8 Å². The standard InChI is InChI=1S/C11H19NO4/c1-6-8(12-10(14)15-7-2)9(13)16-11(3,4)5/h6H,7H2,1-5H3,(H,12,14)/b8-6-. The van der Waals surface area contributed by atoms with Crippen molar-refractivity contribution in [1.82, 2.24) is 5.32 Å². The van der Waals surface area contributed by atoms with Gasteiger partial charge in [-0.1, -0.05) is 6.08 Å². The van der Waals surface area contributed by atoms with E-state index in [1.54, 1.807) is 34.6 Å². The zero-order chi connectivity index (χ0) is 12.8. The Hall–Kier alpha value is -1.52. The van der Waals surface area contributed by atoms with Gasteiger partial charge in [0.25, 0.3) is 0 Å². The highest BCUT2D eigenvalue weighted by atomic mass is 16.6. The molecular formula is C11H19NO4. The third-order valence-corrected chi connectivity index (χ3v) is 1.42. The summed E-state index contributed by atoms with van der Waals surface area (Å²) in [5.74, 6) is -0.581. The van der Waals surface area contributed by atoms with E-state index in [9.17, 15) is 9.59 Å². The molecule has 0 saturated heterocycles. The molecule has 0 unspecified atom stereocenters. The fourth-order valence-electron chi connectivity index (χ4n) is 0.851. The van der Waals surface area contributed by atoms with E-state index < -0.39 is 17.7 Å². The quantitative estimate of drug-likeness (QED) is 0.593. The number of hydrogen-bond donors (Lipinski definition) is 1. The third-order valence-electron chi connectivity index (χ3n) is 1.42. The van der Waals surface area contributed by atoms with Crippen LogP contribution in [0, 0.1) is 0 Å². The summed E-state index contributed by atoms with van der Waals surface area (Å²) in [6, 6.07) is 0.